The third kappa shape index (κ3) is 8.71. The van der Waals surface area contributed by atoms with Gasteiger partial charge in [0.1, 0.15) is 11.2 Å². The Balaban J connectivity index is 1.53. The van der Waals surface area contributed by atoms with E-state index in [0.29, 0.717) is 19.3 Å². The molecule has 0 aromatic carbocycles. The van der Waals surface area contributed by atoms with Gasteiger partial charge in [0.05, 0.1) is 17.8 Å². The number of rotatable bonds is 9. The van der Waals surface area contributed by atoms with Gasteiger partial charge < -0.3 is 20.1 Å². The molecule has 1 heterocycles. The van der Waals surface area contributed by atoms with Crippen LogP contribution in [0.15, 0.2) is 113 Å². The van der Waals surface area contributed by atoms with Gasteiger partial charge in [0.25, 0.3) is 0 Å². The summed E-state index contributed by atoms with van der Waals surface area (Å²) in [6.07, 6.45) is 28.5. The Kier molecular flexibility index (Phi) is 11.2. The van der Waals surface area contributed by atoms with Crippen LogP contribution in [0.5, 0.6) is 0 Å². The maximum absolute atomic E-state index is 10.9. The highest BCUT2D eigenvalue weighted by Crippen LogP contribution is 2.66. The Morgan fingerprint density at radius 1 is 0.682 bits per heavy atom. The van der Waals surface area contributed by atoms with Crippen molar-refractivity contribution in [3.05, 3.63) is 113 Å². The van der Waals surface area contributed by atoms with Crippen LogP contribution in [0.1, 0.15) is 94.9 Å². The summed E-state index contributed by atoms with van der Waals surface area (Å²) in [5, 5.41) is 31.2. The normalized spacial score (nSPS) is 34.7. The predicted octanol–water partition coefficient (Wildman–Crippen LogP) is 8.72. The maximum Gasteiger partial charge on any atom is 0.121 e. The molecule has 0 radical (unpaired) electrons. The SMILES string of the molecule is C\C(C=C=C1C(C)(C)C[C@H](O)C[C@@]1(C)O)=C/C=C/C(C)=C/C=C/C=C(C)/C=C/C=C(C)/C=C/[C@]12O[C@]1(C)C[C@@H](O)CC2(C)C. The fourth-order valence-electron chi connectivity index (χ4n) is 7.25. The minimum absolute atomic E-state index is 0.103. The van der Waals surface area contributed by atoms with Crippen molar-refractivity contribution in [1.29, 1.82) is 0 Å². The van der Waals surface area contributed by atoms with Crippen molar-refractivity contribution >= 4 is 0 Å². The van der Waals surface area contributed by atoms with E-state index in [1.165, 1.54) is 0 Å². The van der Waals surface area contributed by atoms with Crippen molar-refractivity contribution in [2.45, 2.75) is 124 Å². The van der Waals surface area contributed by atoms with Crippen LogP contribution in [0.4, 0.5) is 0 Å². The van der Waals surface area contributed by atoms with Crippen LogP contribution in [0.25, 0.3) is 0 Å². The van der Waals surface area contributed by atoms with Gasteiger partial charge in [0.15, 0.2) is 0 Å². The van der Waals surface area contributed by atoms with Gasteiger partial charge in [-0.2, -0.15) is 0 Å². The molecule has 0 amide bonds. The van der Waals surface area contributed by atoms with Gasteiger partial charge in [0.2, 0.25) is 0 Å². The van der Waals surface area contributed by atoms with Gasteiger partial charge in [-0.3, -0.25) is 0 Å². The zero-order valence-electron chi connectivity index (χ0n) is 28.7. The van der Waals surface area contributed by atoms with E-state index in [1.807, 2.05) is 37.3 Å². The van der Waals surface area contributed by atoms with E-state index < -0.39 is 11.7 Å². The summed E-state index contributed by atoms with van der Waals surface area (Å²) in [4.78, 5) is 0. The Morgan fingerprint density at radius 2 is 1.18 bits per heavy atom. The molecule has 2 aliphatic carbocycles. The second-order valence-electron chi connectivity index (χ2n) is 15.0. The van der Waals surface area contributed by atoms with Crippen LogP contribution in [-0.2, 0) is 4.74 Å². The van der Waals surface area contributed by atoms with E-state index in [-0.39, 0.29) is 28.1 Å². The molecule has 3 fully saturated rings. The van der Waals surface area contributed by atoms with Gasteiger partial charge in [-0.05, 0) is 77.5 Å². The summed E-state index contributed by atoms with van der Waals surface area (Å²) in [6, 6.07) is 0. The maximum atomic E-state index is 10.9. The molecule has 3 aliphatic rings. The lowest BCUT2D eigenvalue weighted by molar-refractivity contribution is -0.0268. The smallest absolute Gasteiger partial charge is 0.121 e. The summed E-state index contributed by atoms with van der Waals surface area (Å²) < 4.78 is 6.24. The molecule has 2 saturated carbocycles. The molecular formula is C40H56O4. The number of hydrogen-bond donors (Lipinski definition) is 3. The van der Waals surface area contributed by atoms with Crippen molar-refractivity contribution < 1.29 is 20.1 Å². The number of aliphatic hydroxyl groups excluding tert-OH is 2. The average Bonchev–Trinajstić information content (AvgIpc) is 3.49. The van der Waals surface area contributed by atoms with E-state index in [4.69, 9.17) is 4.74 Å². The van der Waals surface area contributed by atoms with Crippen molar-refractivity contribution in [3.63, 3.8) is 0 Å². The fraction of sp³-hybridized carbons (Fsp3) is 0.525. The third-order valence-corrected chi connectivity index (χ3v) is 9.39. The molecule has 0 bridgehead atoms. The minimum atomic E-state index is -1.05. The monoisotopic (exact) mass is 600 g/mol. The van der Waals surface area contributed by atoms with Gasteiger partial charge in [-0.15, -0.1) is 5.73 Å². The van der Waals surface area contributed by atoms with E-state index in [0.717, 1.165) is 34.3 Å². The first kappa shape index (κ1) is 35.8. The zero-order chi connectivity index (χ0) is 33.0. The molecule has 5 atom stereocenters. The van der Waals surface area contributed by atoms with Gasteiger partial charge in [-0.25, -0.2) is 0 Å². The molecule has 4 nitrogen and oxygen atoms in total. The number of epoxide rings is 1. The average molecular weight is 601 g/mol. The first-order valence-corrected chi connectivity index (χ1v) is 16.0. The first-order chi connectivity index (χ1) is 20.3. The summed E-state index contributed by atoms with van der Waals surface area (Å²) in [5.41, 5.74) is 6.63. The minimum Gasteiger partial charge on any atom is -0.393 e. The van der Waals surface area contributed by atoms with Crippen LogP contribution in [0.2, 0.25) is 0 Å². The zero-order valence-corrected chi connectivity index (χ0v) is 28.7. The van der Waals surface area contributed by atoms with Crippen LogP contribution in [-0.4, -0.2) is 44.3 Å². The highest BCUT2D eigenvalue weighted by molar-refractivity contribution is 5.37. The first-order valence-electron chi connectivity index (χ1n) is 16.0. The third-order valence-electron chi connectivity index (χ3n) is 9.39. The molecule has 0 unspecified atom stereocenters. The molecule has 44 heavy (non-hydrogen) atoms. The molecule has 0 aromatic heterocycles. The summed E-state index contributed by atoms with van der Waals surface area (Å²) in [7, 11) is 0. The fourth-order valence-corrected chi connectivity index (χ4v) is 7.25. The van der Waals surface area contributed by atoms with E-state index in [1.54, 1.807) is 6.92 Å². The molecule has 0 aromatic rings. The van der Waals surface area contributed by atoms with Gasteiger partial charge in [-0.1, -0.05) is 111 Å². The Bertz CT molecular complexity index is 1360. The lowest BCUT2D eigenvalue weighted by Crippen LogP contribution is -2.46. The molecule has 0 spiro atoms. The second-order valence-corrected chi connectivity index (χ2v) is 15.0. The topological polar surface area (TPSA) is 73.2 Å². The molecule has 1 saturated heterocycles. The number of aliphatic hydroxyl groups is 3. The number of fused-ring (bicyclic) bond motifs is 1. The van der Waals surface area contributed by atoms with Crippen molar-refractivity contribution in [2.75, 3.05) is 0 Å². The molecule has 3 rings (SSSR count). The second kappa shape index (κ2) is 13.7. The Morgan fingerprint density at radius 3 is 1.73 bits per heavy atom. The van der Waals surface area contributed by atoms with Crippen LogP contribution >= 0.6 is 0 Å². The largest absolute Gasteiger partial charge is 0.393 e. The van der Waals surface area contributed by atoms with Gasteiger partial charge in [0, 0.05) is 23.8 Å². The van der Waals surface area contributed by atoms with Crippen molar-refractivity contribution in [1.82, 2.24) is 0 Å². The summed E-state index contributed by atoms with van der Waals surface area (Å²) >= 11 is 0. The predicted molar refractivity (Wildman–Crippen MR) is 184 cm³/mol. The Labute approximate surface area is 267 Å². The lowest BCUT2D eigenvalue weighted by Gasteiger charge is -2.43. The molecular weight excluding hydrogens is 544 g/mol. The standard InChI is InChI=1S/C40H56O4/c1-29(17-13-19-31(3)21-22-35-36(5,6)25-33(41)27-38(35,9)43)15-11-12-16-30(2)18-14-20-32(4)23-24-40-37(7,8)26-34(42)28-39(40,10)44-40/h11-21,23-24,33-34,41-43H,25-28H2,1-10H3/b12-11+,17-13+,18-14+,24-23+,29-15+,30-16+,31-19+,32-20+/t22?,33-,34-,38+,39+,40+/m0/s1. The number of hydrogen-bond acceptors (Lipinski definition) is 4. The lowest BCUT2D eigenvalue weighted by atomic mass is 9.63. The van der Waals surface area contributed by atoms with Crippen LogP contribution in [0.3, 0.4) is 0 Å². The molecule has 3 N–H and O–H groups in total. The van der Waals surface area contributed by atoms with Crippen molar-refractivity contribution in [3.8, 4) is 0 Å². The Hall–Kier alpha value is -2.72. The highest BCUT2D eigenvalue weighted by atomic mass is 16.6. The number of allylic oxidation sites excluding steroid dienone is 15. The van der Waals surface area contributed by atoms with E-state index in [9.17, 15) is 15.3 Å². The van der Waals surface area contributed by atoms with Crippen LogP contribution < -0.4 is 0 Å². The molecule has 1 aliphatic heterocycles. The number of ether oxygens (including phenoxy) is 1. The van der Waals surface area contributed by atoms with Crippen LogP contribution in [0, 0.1) is 10.8 Å². The van der Waals surface area contributed by atoms with E-state index >= 15 is 0 Å². The van der Waals surface area contributed by atoms with E-state index in [2.05, 4.69) is 110 Å². The highest BCUT2D eigenvalue weighted by Gasteiger charge is 2.74. The summed E-state index contributed by atoms with van der Waals surface area (Å²) in [6.45, 7) is 20.6. The van der Waals surface area contributed by atoms with Gasteiger partial charge >= 0.3 is 0 Å². The summed E-state index contributed by atoms with van der Waals surface area (Å²) in [5.74, 6) is 0. The molecule has 240 valence electrons. The molecule has 4 heteroatoms. The quantitative estimate of drug-likeness (QED) is 0.141. The van der Waals surface area contributed by atoms with Crippen molar-refractivity contribution in [2.24, 2.45) is 10.8 Å².